The van der Waals surface area contributed by atoms with Crippen LogP contribution in [0.5, 0.6) is 0 Å². The lowest BCUT2D eigenvalue weighted by Crippen LogP contribution is -2.14. The molecular weight excluding hydrogens is 418 g/mol. The van der Waals surface area contributed by atoms with Gasteiger partial charge in [0.05, 0.1) is 34.4 Å². The maximum Gasteiger partial charge on any atom is 0.230 e. The first-order valence-corrected chi connectivity index (χ1v) is 10.1. The molecule has 7 heteroatoms. The molecule has 0 aliphatic heterocycles. The molecule has 0 aliphatic rings. The summed E-state index contributed by atoms with van der Waals surface area (Å²) >= 11 is 6.63. The predicted octanol–water partition coefficient (Wildman–Crippen LogP) is 5.36. The number of hydrogen-bond acceptors (Lipinski definition) is 5. The summed E-state index contributed by atoms with van der Waals surface area (Å²) in [6, 6.07) is 11.8. The lowest BCUT2D eigenvalue weighted by molar-refractivity contribution is -0.115. The van der Waals surface area contributed by atoms with E-state index in [4.69, 9.17) is 0 Å². The SMILES string of the molecule is O=C(Cc1csc(-c2cc(Br)cs2)n1)Nc1cnc2ccccc2c1. The summed E-state index contributed by atoms with van der Waals surface area (Å²) in [5.74, 6) is -0.0960. The summed E-state index contributed by atoms with van der Waals surface area (Å²) in [6.45, 7) is 0. The first-order chi connectivity index (χ1) is 12.2. The number of nitrogens with one attached hydrogen (secondary N) is 1. The van der Waals surface area contributed by atoms with Crippen molar-refractivity contribution in [3.05, 3.63) is 63.5 Å². The zero-order valence-electron chi connectivity index (χ0n) is 12.9. The molecule has 1 aromatic carbocycles. The van der Waals surface area contributed by atoms with E-state index in [1.54, 1.807) is 28.9 Å². The molecule has 4 nitrogen and oxygen atoms in total. The molecule has 0 unspecified atom stereocenters. The number of anilines is 1. The van der Waals surface area contributed by atoms with Crippen LogP contribution in [0, 0.1) is 0 Å². The van der Waals surface area contributed by atoms with Crippen LogP contribution in [0.1, 0.15) is 5.69 Å². The molecule has 0 fully saturated rings. The van der Waals surface area contributed by atoms with Crippen LogP contribution >= 0.6 is 38.6 Å². The third-order valence-electron chi connectivity index (χ3n) is 3.55. The third kappa shape index (κ3) is 3.78. The van der Waals surface area contributed by atoms with Gasteiger partial charge >= 0.3 is 0 Å². The van der Waals surface area contributed by atoms with Crippen molar-refractivity contribution in [3.8, 4) is 9.88 Å². The highest BCUT2D eigenvalue weighted by atomic mass is 79.9. The van der Waals surface area contributed by atoms with E-state index in [-0.39, 0.29) is 12.3 Å². The fourth-order valence-electron chi connectivity index (χ4n) is 2.44. The predicted molar refractivity (Wildman–Crippen MR) is 107 cm³/mol. The Balaban J connectivity index is 1.45. The van der Waals surface area contributed by atoms with Crippen LogP contribution in [0.2, 0.25) is 0 Å². The van der Waals surface area contributed by atoms with Crippen molar-refractivity contribution in [2.24, 2.45) is 0 Å². The largest absolute Gasteiger partial charge is 0.324 e. The van der Waals surface area contributed by atoms with E-state index in [1.165, 1.54) is 0 Å². The minimum atomic E-state index is -0.0960. The van der Waals surface area contributed by atoms with Gasteiger partial charge in [0.15, 0.2) is 0 Å². The number of benzene rings is 1. The fourth-order valence-corrected chi connectivity index (χ4v) is 4.76. The molecule has 3 aromatic heterocycles. The van der Waals surface area contributed by atoms with Gasteiger partial charge in [0, 0.05) is 20.6 Å². The van der Waals surface area contributed by atoms with Crippen LogP contribution in [0.3, 0.4) is 0 Å². The van der Waals surface area contributed by atoms with Crippen LogP contribution in [0.4, 0.5) is 5.69 Å². The maximum atomic E-state index is 12.3. The van der Waals surface area contributed by atoms with Gasteiger partial charge in [-0.3, -0.25) is 9.78 Å². The first kappa shape index (κ1) is 16.4. The van der Waals surface area contributed by atoms with Crippen molar-refractivity contribution in [2.45, 2.75) is 6.42 Å². The highest BCUT2D eigenvalue weighted by molar-refractivity contribution is 9.10. The van der Waals surface area contributed by atoms with E-state index < -0.39 is 0 Å². The summed E-state index contributed by atoms with van der Waals surface area (Å²) in [5.41, 5.74) is 2.38. The van der Waals surface area contributed by atoms with Gasteiger partial charge in [-0.25, -0.2) is 4.98 Å². The fraction of sp³-hybridized carbons (Fsp3) is 0.0556. The van der Waals surface area contributed by atoms with Gasteiger partial charge in [0.25, 0.3) is 0 Å². The topological polar surface area (TPSA) is 54.9 Å². The van der Waals surface area contributed by atoms with Crippen molar-refractivity contribution in [2.75, 3.05) is 5.32 Å². The van der Waals surface area contributed by atoms with Gasteiger partial charge in [-0.1, -0.05) is 18.2 Å². The van der Waals surface area contributed by atoms with E-state index >= 15 is 0 Å². The van der Waals surface area contributed by atoms with E-state index in [1.807, 2.05) is 47.2 Å². The Labute approximate surface area is 160 Å². The van der Waals surface area contributed by atoms with Crippen LogP contribution in [-0.4, -0.2) is 15.9 Å². The monoisotopic (exact) mass is 429 g/mol. The van der Waals surface area contributed by atoms with Crippen LogP contribution in [-0.2, 0) is 11.2 Å². The number of amides is 1. The van der Waals surface area contributed by atoms with E-state index in [0.29, 0.717) is 5.69 Å². The number of pyridine rings is 1. The number of nitrogens with zero attached hydrogens (tertiary/aromatic N) is 2. The second-order valence-corrected chi connectivity index (χ2v) is 8.10. The van der Waals surface area contributed by atoms with Crippen LogP contribution in [0.25, 0.3) is 20.8 Å². The standard InChI is InChI=1S/C18H12BrN3OS2/c19-12-6-16(24-9-12)18-22-14(10-25-18)7-17(23)21-13-5-11-3-1-2-4-15(11)20-8-13/h1-6,8-10H,7H2,(H,21,23). The van der Waals surface area contributed by atoms with E-state index in [9.17, 15) is 4.79 Å². The van der Waals surface area contributed by atoms with Crippen molar-refractivity contribution in [3.63, 3.8) is 0 Å². The molecule has 0 radical (unpaired) electrons. The van der Waals surface area contributed by atoms with Crippen molar-refractivity contribution in [1.82, 2.24) is 9.97 Å². The minimum Gasteiger partial charge on any atom is -0.324 e. The Hall–Kier alpha value is -2.09. The zero-order chi connectivity index (χ0) is 17.2. The molecule has 4 aromatic rings. The van der Waals surface area contributed by atoms with Gasteiger partial charge in [0.1, 0.15) is 5.01 Å². The molecule has 124 valence electrons. The molecule has 1 amide bonds. The molecule has 1 N–H and O–H groups in total. The van der Waals surface area contributed by atoms with Gasteiger partial charge in [-0.15, -0.1) is 22.7 Å². The second-order valence-electron chi connectivity index (χ2n) is 5.41. The number of fused-ring (bicyclic) bond motifs is 1. The Kier molecular flexibility index (Phi) is 4.61. The highest BCUT2D eigenvalue weighted by Gasteiger charge is 2.11. The summed E-state index contributed by atoms with van der Waals surface area (Å²) in [7, 11) is 0. The number of carbonyl (C=O) groups excluding carboxylic acids is 1. The lowest BCUT2D eigenvalue weighted by atomic mass is 10.2. The van der Waals surface area contributed by atoms with Gasteiger partial charge in [-0.05, 0) is 34.1 Å². The number of aromatic nitrogens is 2. The normalized spacial score (nSPS) is 10.9. The Morgan fingerprint density at radius 1 is 1.16 bits per heavy atom. The third-order valence-corrected chi connectivity index (χ3v) is 6.30. The van der Waals surface area contributed by atoms with Crippen molar-refractivity contribution in [1.29, 1.82) is 0 Å². The quantitative estimate of drug-likeness (QED) is 0.474. The lowest BCUT2D eigenvalue weighted by Gasteiger charge is -2.05. The number of rotatable bonds is 4. The number of halogens is 1. The summed E-state index contributed by atoms with van der Waals surface area (Å²) in [6.07, 6.45) is 1.92. The van der Waals surface area contributed by atoms with Crippen molar-refractivity contribution >= 4 is 61.1 Å². The molecular formula is C18H12BrN3OS2. The van der Waals surface area contributed by atoms with Crippen molar-refractivity contribution < 1.29 is 4.79 Å². The maximum absolute atomic E-state index is 12.3. The number of para-hydroxylation sites is 1. The van der Waals surface area contributed by atoms with Crippen LogP contribution in [0.15, 0.2) is 57.8 Å². The first-order valence-electron chi connectivity index (χ1n) is 7.51. The molecule has 0 aliphatic carbocycles. The zero-order valence-corrected chi connectivity index (χ0v) is 16.1. The van der Waals surface area contributed by atoms with Gasteiger partial charge in [0.2, 0.25) is 5.91 Å². The molecule has 0 bridgehead atoms. The number of hydrogen-bond donors (Lipinski definition) is 1. The Bertz CT molecular complexity index is 1060. The van der Waals surface area contributed by atoms with E-state index in [0.717, 1.165) is 31.0 Å². The average Bonchev–Trinajstić information content (AvgIpc) is 3.23. The molecule has 0 spiro atoms. The smallest absolute Gasteiger partial charge is 0.230 e. The molecule has 0 saturated carbocycles. The van der Waals surface area contributed by atoms with Gasteiger partial charge < -0.3 is 5.32 Å². The molecule has 0 atom stereocenters. The molecule has 4 rings (SSSR count). The summed E-state index contributed by atoms with van der Waals surface area (Å²) < 4.78 is 1.05. The number of carbonyl (C=O) groups is 1. The molecule has 25 heavy (non-hydrogen) atoms. The number of thiophene rings is 1. The minimum absolute atomic E-state index is 0.0960. The number of thiazole rings is 1. The highest BCUT2D eigenvalue weighted by Crippen LogP contribution is 2.32. The summed E-state index contributed by atoms with van der Waals surface area (Å²) in [4.78, 5) is 22.3. The second kappa shape index (κ2) is 7.03. The summed E-state index contributed by atoms with van der Waals surface area (Å²) in [5, 5.41) is 8.78. The van der Waals surface area contributed by atoms with E-state index in [2.05, 4.69) is 31.2 Å². The Morgan fingerprint density at radius 3 is 2.88 bits per heavy atom. The van der Waals surface area contributed by atoms with Crippen LogP contribution < -0.4 is 5.32 Å². The molecule has 3 heterocycles. The average molecular weight is 430 g/mol. The van der Waals surface area contributed by atoms with Gasteiger partial charge in [-0.2, -0.15) is 0 Å². The Morgan fingerprint density at radius 2 is 2.04 bits per heavy atom. The molecule has 0 saturated heterocycles.